The fourth-order valence-electron chi connectivity index (χ4n) is 2.74. The third-order valence-electron chi connectivity index (χ3n) is 3.98. The van der Waals surface area contributed by atoms with E-state index in [0.717, 1.165) is 25.9 Å². The molecule has 2 aromatic rings. The Labute approximate surface area is 151 Å². The maximum Gasteiger partial charge on any atom is 0.293 e. The number of hydrogen-bond donors (Lipinski definition) is 2. The molecule has 0 radical (unpaired) electrons. The molecule has 0 spiro atoms. The number of likely N-dealkylation sites (tertiary alicyclic amines) is 1. The van der Waals surface area contributed by atoms with Gasteiger partial charge >= 0.3 is 0 Å². The molecule has 130 valence electrons. The predicted octanol–water partition coefficient (Wildman–Crippen LogP) is 3.03. The number of carbonyl (C=O) groups excluding carboxylic acids is 2. The molecule has 1 saturated heterocycles. The number of nitrogens with zero attached hydrogens (tertiary/aromatic N) is 1. The molecule has 3 rings (SSSR count). The van der Waals surface area contributed by atoms with Gasteiger partial charge in [0.2, 0.25) is 0 Å². The number of amides is 2. The van der Waals surface area contributed by atoms with E-state index in [4.69, 9.17) is 16.6 Å². The molecule has 2 N–H and O–H groups in total. The minimum absolute atomic E-state index is 0.0221. The van der Waals surface area contributed by atoms with E-state index in [-0.39, 0.29) is 16.8 Å². The lowest BCUT2D eigenvalue weighted by Gasteiger charge is -2.26. The molecular weight excluding hydrogens is 338 g/mol. The lowest BCUT2D eigenvalue weighted by atomic mass is 10.1. The first-order valence-electron chi connectivity index (χ1n) is 8.18. The quantitative estimate of drug-likeness (QED) is 0.826. The first kappa shape index (κ1) is 17.2. The molecule has 6 nitrogen and oxygen atoms in total. The van der Waals surface area contributed by atoms with Crippen molar-refractivity contribution in [3.8, 4) is 0 Å². The van der Waals surface area contributed by atoms with Gasteiger partial charge < -0.3 is 14.6 Å². The van der Waals surface area contributed by atoms with Crippen LogP contribution in [0.4, 0.5) is 5.69 Å². The van der Waals surface area contributed by atoms with E-state index < -0.39 is 5.91 Å². The van der Waals surface area contributed by atoms with Crippen molar-refractivity contribution in [2.75, 3.05) is 18.4 Å². The Morgan fingerprint density at radius 3 is 2.60 bits per heavy atom. The molecule has 0 unspecified atom stereocenters. The predicted molar refractivity (Wildman–Crippen MR) is 98.6 cm³/mol. The van der Waals surface area contributed by atoms with Gasteiger partial charge in [-0.15, -0.1) is 0 Å². The summed E-state index contributed by atoms with van der Waals surface area (Å²) in [5, 5.41) is 5.60. The highest BCUT2D eigenvalue weighted by Gasteiger charge is 2.18. The Kier molecular flexibility index (Phi) is 5.45. The third kappa shape index (κ3) is 4.45. The summed E-state index contributed by atoms with van der Waals surface area (Å²) in [5.74, 6) is -0.227. The molecular formula is C18H19N3O3S. The first-order valence-corrected chi connectivity index (χ1v) is 8.59. The van der Waals surface area contributed by atoms with Crippen LogP contribution in [0.5, 0.6) is 0 Å². The van der Waals surface area contributed by atoms with E-state index >= 15 is 0 Å². The maximum atomic E-state index is 12.6. The van der Waals surface area contributed by atoms with Crippen molar-refractivity contribution in [3.63, 3.8) is 0 Å². The maximum absolute atomic E-state index is 12.6. The SMILES string of the molecule is O=C(NC(=S)Nc1cccc(C(=O)N2CCCCC2)c1)c1ccco1. The molecule has 1 aromatic heterocycles. The third-order valence-corrected chi connectivity index (χ3v) is 4.19. The van der Waals surface area contributed by atoms with Gasteiger partial charge in [0.25, 0.3) is 11.8 Å². The second-order valence-corrected chi connectivity index (χ2v) is 6.23. The fourth-order valence-corrected chi connectivity index (χ4v) is 2.95. The van der Waals surface area contributed by atoms with E-state index in [1.807, 2.05) is 4.90 Å². The van der Waals surface area contributed by atoms with Crippen LogP contribution in [0.25, 0.3) is 0 Å². The largest absolute Gasteiger partial charge is 0.459 e. The van der Waals surface area contributed by atoms with Crippen molar-refractivity contribution < 1.29 is 14.0 Å². The number of anilines is 1. The zero-order chi connectivity index (χ0) is 17.6. The molecule has 0 saturated carbocycles. The molecule has 0 bridgehead atoms. The molecule has 1 aliphatic rings. The summed E-state index contributed by atoms with van der Waals surface area (Å²) in [5.41, 5.74) is 1.25. The Morgan fingerprint density at radius 2 is 1.88 bits per heavy atom. The highest BCUT2D eigenvalue weighted by molar-refractivity contribution is 7.80. The smallest absolute Gasteiger partial charge is 0.293 e. The zero-order valence-electron chi connectivity index (χ0n) is 13.7. The van der Waals surface area contributed by atoms with Crippen LogP contribution in [-0.4, -0.2) is 34.9 Å². The van der Waals surface area contributed by atoms with Crippen molar-refractivity contribution in [3.05, 3.63) is 54.0 Å². The summed E-state index contributed by atoms with van der Waals surface area (Å²) in [6, 6.07) is 10.3. The summed E-state index contributed by atoms with van der Waals surface area (Å²) in [6.45, 7) is 1.60. The van der Waals surface area contributed by atoms with Crippen LogP contribution in [0.2, 0.25) is 0 Å². The van der Waals surface area contributed by atoms with E-state index in [0.29, 0.717) is 11.3 Å². The number of furan rings is 1. The minimum atomic E-state index is -0.428. The average molecular weight is 357 g/mol. The lowest BCUT2D eigenvalue weighted by Crippen LogP contribution is -2.36. The van der Waals surface area contributed by atoms with Crippen LogP contribution in [0.15, 0.2) is 47.1 Å². The Balaban J connectivity index is 1.62. The fraction of sp³-hybridized carbons (Fsp3) is 0.278. The van der Waals surface area contributed by atoms with Gasteiger partial charge in [0, 0.05) is 24.3 Å². The normalized spacial score (nSPS) is 14.0. The van der Waals surface area contributed by atoms with E-state index in [1.165, 1.54) is 12.7 Å². The first-order chi connectivity index (χ1) is 12.1. The molecule has 0 aliphatic carbocycles. The van der Waals surface area contributed by atoms with Crippen molar-refractivity contribution in [2.24, 2.45) is 0 Å². The molecule has 7 heteroatoms. The van der Waals surface area contributed by atoms with Crippen molar-refractivity contribution >= 4 is 34.8 Å². The van der Waals surface area contributed by atoms with Crippen LogP contribution in [-0.2, 0) is 0 Å². The molecule has 1 fully saturated rings. The van der Waals surface area contributed by atoms with Crippen LogP contribution >= 0.6 is 12.2 Å². The minimum Gasteiger partial charge on any atom is -0.459 e. The Morgan fingerprint density at radius 1 is 1.08 bits per heavy atom. The number of nitrogens with one attached hydrogen (secondary N) is 2. The molecule has 1 aliphatic heterocycles. The van der Waals surface area contributed by atoms with E-state index in [1.54, 1.807) is 36.4 Å². The molecule has 25 heavy (non-hydrogen) atoms. The van der Waals surface area contributed by atoms with Gasteiger partial charge in [-0.25, -0.2) is 0 Å². The van der Waals surface area contributed by atoms with Gasteiger partial charge in [0.1, 0.15) is 0 Å². The average Bonchev–Trinajstić information content (AvgIpc) is 3.17. The number of rotatable bonds is 3. The topological polar surface area (TPSA) is 74.6 Å². The highest BCUT2D eigenvalue weighted by atomic mass is 32.1. The van der Waals surface area contributed by atoms with Gasteiger partial charge in [-0.2, -0.15) is 0 Å². The molecule has 2 amide bonds. The van der Waals surface area contributed by atoms with Crippen LogP contribution in [0, 0.1) is 0 Å². The molecule has 2 heterocycles. The van der Waals surface area contributed by atoms with Crippen LogP contribution in [0.3, 0.4) is 0 Å². The summed E-state index contributed by atoms with van der Waals surface area (Å²) in [4.78, 5) is 26.3. The zero-order valence-corrected chi connectivity index (χ0v) is 14.5. The summed E-state index contributed by atoms with van der Waals surface area (Å²) >= 11 is 5.14. The standard InChI is InChI=1S/C18H19N3O3S/c22-16(15-8-5-11-24-15)20-18(25)19-14-7-4-6-13(12-14)17(23)21-9-2-1-3-10-21/h4-8,11-12H,1-3,9-10H2,(H2,19,20,22,25). The number of carbonyl (C=O) groups is 2. The van der Waals surface area contributed by atoms with Crippen LogP contribution < -0.4 is 10.6 Å². The number of thiocarbonyl (C=S) groups is 1. The van der Waals surface area contributed by atoms with Crippen molar-refractivity contribution in [2.45, 2.75) is 19.3 Å². The van der Waals surface area contributed by atoms with E-state index in [9.17, 15) is 9.59 Å². The van der Waals surface area contributed by atoms with Crippen molar-refractivity contribution in [1.82, 2.24) is 10.2 Å². The number of hydrogen-bond acceptors (Lipinski definition) is 4. The second kappa shape index (κ2) is 7.94. The molecule has 0 atom stereocenters. The van der Waals surface area contributed by atoms with Gasteiger partial charge in [0.05, 0.1) is 6.26 Å². The number of benzene rings is 1. The van der Waals surface area contributed by atoms with Gasteiger partial charge in [-0.3, -0.25) is 14.9 Å². The van der Waals surface area contributed by atoms with Gasteiger partial charge in [0.15, 0.2) is 10.9 Å². The van der Waals surface area contributed by atoms with E-state index in [2.05, 4.69) is 10.6 Å². The summed E-state index contributed by atoms with van der Waals surface area (Å²) in [7, 11) is 0. The number of piperidine rings is 1. The lowest BCUT2D eigenvalue weighted by molar-refractivity contribution is 0.0724. The molecule has 1 aromatic carbocycles. The Bertz CT molecular complexity index is 768. The Hall–Kier alpha value is -2.67. The second-order valence-electron chi connectivity index (χ2n) is 5.82. The highest BCUT2D eigenvalue weighted by Crippen LogP contribution is 2.16. The van der Waals surface area contributed by atoms with Crippen LogP contribution in [0.1, 0.15) is 40.2 Å². The summed E-state index contributed by atoms with van der Waals surface area (Å²) in [6.07, 6.45) is 4.69. The monoisotopic (exact) mass is 357 g/mol. The summed E-state index contributed by atoms with van der Waals surface area (Å²) < 4.78 is 5.01. The van der Waals surface area contributed by atoms with Gasteiger partial charge in [-0.1, -0.05) is 6.07 Å². The van der Waals surface area contributed by atoms with Crippen molar-refractivity contribution in [1.29, 1.82) is 0 Å². The van der Waals surface area contributed by atoms with Gasteiger partial charge in [-0.05, 0) is 61.8 Å².